The molecule has 0 fully saturated rings. The van der Waals surface area contributed by atoms with Crippen LogP contribution < -0.4 is 10.6 Å². The molecule has 0 spiro atoms. The zero-order valence-electron chi connectivity index (χ0n) is 14.7. The van der Waals surface area contributed by atoms with Crippen molar-refractivity contribution in [2.45, 2.75) is 19.1 Å². The summed E-state index contributed by atoms with van der Waals surface area (Å²) in [7, 11) is 0. The summed E-state index contributed by atoms with van der Waals surface area (Å²) in [5.41, 5.74) is 1.06. The second kappa shape index (κ2) is 10.3. The highest BCUT2D eigenvalue weighted by molar-refractivity contribution is 5.94. The number of ether oxygens (including phenoxy) is 1. The maximum Gasteiger partial charge on any atom is 0.251 e. The van der Waals surface area contributed by atoms with Gasteiger partial charge in [-0.05, 0) is 31.2 Å². The number of carbonyl (C=O) groups is 2. The number of aliphatic hydroxyl groups excluding tert-OH is 1. The summed E-state index contributed by atoms with van der Waals surface area (Å²) in [6.45, 7) is 2.36. The van der Waals surface area contributed by atoms with Crippen LogP contribution in [0.1, 0.15) is 27.6 Å². The molecular weight excluding hydrogens is 332 g/mol. The van der Waals surface area contributed by atoms with E-state index >= 15 is 0 Å². The van der Waals surface area contributed by atoms with Gasteiger partial charge in [-0.1, -0.05) is 36.4 Å². The second-order valence-electron chi connectivity index (χ2n) is 5.71. The smallest absolute Gasteiger partial charge is 0.251 e. The summed E-state index contributed by atoms with van der Waals surface area (Å²) >= 11 is 0. The monoisotopic (exact) mass is 356 g/mol. The van der Waals surface area contributed by atoms with Crippen LogP contribution in [0.3, 0.4) is 0 Å². The quantitative estimate of drug-likeness (QED) is 0.637. The second-order valence-corrected chi connectivity index (χ2v) is 5.71. The predicted molar refractivity (Wildman–Crippen MR) is 99.0 cm³/mol. The molecule has 3 N–H and O–H groups in total. The summed E-state index contributed by atoms with van der Waals surface area (Å²) in [5.74, 6) is -0.510. The number of benzene rings is 2. The number of amides is 2. The molecule has 26 heavy (non-hydrogen) atoms. The minimum atomic E-state index is -0.946. The summed E-state index contributed by atoms with van der Waals surface area (Å²) < 4.78 is 5.51. The van der Waals surface area contributed by atoms with Crippen molar-refractivity contribution in [2.75, 3.05) is 19.7 Å². The molecule has 138 valence electrons. The lowest BCUT2D eigenvalue weighted by Crippen LogP contribution is -2.46. The molecule has 2 rings (SSSR count). The Morgan fingerprint density at radius 1 is 0.885 bits per heavy atom. The number of hydrogen-bond acceptors (Lipinski definition) is 4. The molecule has 0 bridgehead atoms. The Balaban J connectivity index is 1.85. The number of aliphatic hydroxyl groups is 1. The fourth-order valence-electron chi connectivity index (χ4n) is 2.43. The third-order valence-electron chi connectivity index (χ3n) is 3.82. The van der Waals surface area contributed by atoms with Gasteiger partial charge in [0, 0.05) is 30.8 Å². The Morgan fingerprint density at radius 2 is 1.35 bits per heavy atom. The molecule has 2 atom stereocenters. The average Bonchev–Trinajstić information content (AvgIpc) is 2.70. The average molecular weight is 356 g/mol. The molecule has 0 saturated carbocycles. The summed E-state index contributed by atoms with van der Waals surface area (Å²) in [4.78, 5) is 24.2. The van der Waals surface area contributed by atoms with Gasteiger partial charge in [0.15, 0.2) is 0 Å². The Morgan fingerprint density at radius 3 is 1.81 bits per heavy atom. The van der Waals surface area contributed by atoms with Crippen molar-refractivity contribution in [3.05, 3.63) is 71.8 Å². The van der Waals surface area contributed by atoms with Gasteiger partial charge in [0.1, 0.15) is 6.10 Å². The van der Waals surface area contributed by atoms with Crippen LogP contribution in [0.5, 0.6) is 0 Å². The van der Waals surface area contributed by atoms with Crippen LogP contribution >= 0.6 is 0 Å². The fourth-order valence-corrected chi connectivity index (χ4v) is 2.43. The standard InChI is InChI=1S/C20H24N2O4/c1-2-26-18(14-22-20(25)16-11-7-4-8-12-16)17(23)13-21-19(24)15-9-5-3-6-10-15/h3-12,17-18,23H,2,13-14H2,1H3,(H,21,24)(H,22,25)/t17-,18+/m0/s1. The van der Waals surface area contributed by atoms with Crippen LogP contribution in [-0.4, -0.2) is 48.8 Å². The van der Waals surface area contributed by atoms with Gasteiger partial charge >= 0.3 is 0 Å². The van der Waals surface area contributed by atoms with E-state index in [1.807, 2.05) is 12.1 Å². The van der Waals surface area contributed by atoms with E-state index in [-0.39, 0.29) is 24.9 Å². The van der Waals surface area contributed by atoms with Crippen molar-refractivity contribution in [2.24, 2.45) is 0 Å². The third kappa shape index (κ3) is 5.98. The highest BCUT2D eigenvalue weighted by atomic mass is 16.5. The van der Waals surface area contributed by atoms with E-state index in [1.54, 1.807) is 55.5 Å². The first-order valence-electron chi connectivity index (χ1n) is 8.58. The van der Waals surface area contributed by atoms with Crippen LogP contribution in [0, 0.1) is 0 Å². The number of nitrogens with one attached hydrogen (secondary N) is 2. The molecule has 6 nitrogen and oxygen atoms in total. The fraction of sp³-hybridized carbons (Fsp3) is 0.300. The Bertz CT molecular complexity index is 691. The van der Waals surface area contributed by atoms with Gasteiger partial charge in [0.05, 0.1) is 6.10 Å². The van der Waals surface area contributed by atoms with Crippen LogP contribution in [0.25, 0.3) is 0 Å². The molecule has 0 saturated heterocycles. The van der Waals surface area contributed by atoms with E-state index in [2.05, 4.69) is 10.6 Å². The highest BCUT2D eigenvalue weighted by Crippen LogP contribution is 2.03. The first-order chi connectivity index (χ1) is 12.6. The molecular formula is C20H24N2O4. The molecule has 6 heteroatoms. The Labute approximate surface area is 153 Å². The van der Waals surface area contributed by atoms with E-state index < -0.39 is 12.2 Å². The van der Waals surface area contributed by atoms with Gasteiger partial charge in [-0.15, -0.1) is 0 Å². The molecule has 2 amide bonds. The first-order valence-corrected chi connectivity index (χ1v) is 8.58. The largest absolute Gasteiger partial charge is 0.388 e. The molecule has 0 aromatic heterocycles. The van der Waals surface area contributed by atoms with Gasteiger partial charge in [0.2, 0.25) is 0 Å². The topological polar surface area (TPSA) is 87.7 Å². The molecule has 0 aliphatic carbocycles. The third-order valence-corrected chi connectivity index (χ3v) is 3.82. The molecule has 0 unspecified atom stereocenters. The molecule has 0 aliphatic heterocycles. The van der Waals surface area contributed by atoms with E-state index in [9.17, 15) is 14.7 Å². The molecule has 0 radical (unpaired) electrons. The van der Waals surface area contributed by atoms with E-state index in [0.29, 0.717) is 17.7 Å². The molecule has 2 aromatic carbocycles. The Kier molecular flexibility index (Phi) is 7.79. The minimum Gasteiger partial charge on any atom is -0.388 e. The van der Waals surface area contributed by atoms with Gasteiger partial charge in [-0.2, -0.15) is 0 Å². The lowest BCUT2D eigenvalue weighted by atomic mass is 10.1. The van der Waals surface area contributed by atoms with E-state index in [4.69, 9.17) is 4.74 Å². The zero-order valence-corrected chi connectivity index (χ0v) is 14.7. The number of carbonyl (C=O) groups excluding carboxylic acids is 2. The SMILES string of the molecule is CCO[C@H](CNC(=O)c1ccccc1)[C@@H](O)CNC(=O)c1ccccc1. The summed E-state index contributed by atoms with van der Waals surface area (Å²) in [6, 6.07) is 17.6. The highest BCUT2D eigenvalue weighted by Gasteiger charge is 2.21. The van der Waals surface area contributed by atoms with Gasteiger partial charge in [-0.3, -0.25) is 9.59 Å². The van der Waals surface area contributed by atoms with E-state index in [1.165, 1.54) is 0 Å². The lowest BCUT2D eigenvalue weighted by molar-refractivity contribution is -0.0287. The maximum atomic E-state index is 12.1. The zero-order chi connectivity index (χ0) is 18.8. The van der Waals surface area contributed by atoms with Crippen LogP contribution in [0.2, 0.25) is 0 Å². The molecule has 0 heterocycles. The minimum absolute atomic E-state index is 0.0274. The van der Waals surface area contributed by atoms with Crippen molar-refractivity contribution in [3.63, 3.8) is 0 Å². The molecule has 2 aromatic rings. The van der Waals surface area contributed by atoms with Crippen LogP contribution in [0.4, 0.5) is 0 Å². The molecule has 0 aliphatic rings. The van der Waals surface area contributed by atoms with Crippen molar-refractivity contribution < 1.29 is 19.4 Å². The van der Waals surface area contributed by atoms with Gasteiger partial charge in [0.25, 0.3) is 11.8 Å². The van der Waals surface area contributed by atoms with Crippen LogP contribution in [0.15, 0.2) is 60.7 Å². The lowest BCUT2D eigenvalue weighted by Gasteiger charge is -2.23. The number of rotatable bonds is 9. The predicted octanol–water partition coefficient (Wildman–Crippen LogP) is 1.61. The Hall–Kier alpha value is -2.70. The summed E-state index contributed by atoms with van der Waals surface area (Å²) in [6.07, 6.45) is -1.57. The van der Waals surface area contributed by atoms with Gasteiger partial charge < -0.3 is 20.5 Å². The van der Waals surface area contributed by atoms with Crippen molar-refractivity contribution >= 4 is 11.8 Å². The van der Waals surface area contributed by atoms with Gasteiger partial charge in [-0.25, -0.2) is 0 Å². The van der Waals surface area contributed by atoms with Crippen molar-refractivity contribution in [3.8, 4) is 0 Å². The van der Waals surface area contributed by atoms with E-state index in [0.717, 1.165) is 0 Å². The van der Waals surface area contributed by atoms with Crippen LogP contribution in [-0.2, 0) is 4.74 Å². The van der Waals surface area contributed by atoms with Crippen molar-refractivity contribution in [1.29, 1.82) is 0 Å². The summed E-state index contributed by atoms with van der Waals surface area (Å²) in [5, 5.41) is 15.8. The normalized spacial score (nSPS) is 12.8. The first kappa shape index (κ1) is 19.6. The maximum absolute atomic E-state index is 12.1. The van der Waals surface area contributed by atoms with Crippen molar-refractivity contribution in [1.82, 2.24) is 10.6 Å². The number of hydrogen-bond donors (Lipinski definition) is 3.